The van der Waals surface area contributed by atoms with Gasteiger partial charge in [-0.2, -0.15) is 5.10 Å². The van der Waals surface area contributed by atoms with Crippen molar-refractivity contribution in [1.29, 1.82) is 0 Å². The Morgan fingerprint density at radius 2 is 2.19 bits per heavy atom. The minimum atomic E-state index is -0.115. The highest BCUT2D eigenvalue weighted by Gasteiger charge is 2.27. The van der Waals surface area contributed by atoms with E-state index < -0.39 is 0 Å². The molecular weight excluding hydrogens is 352 g/mol. The van der Waals surface area contributed by atoms with Crippen LogP contribution in [0.3, 0.4) is 0 Å². The Balaban J connectivity index is 1.46. The van der Waals surface area contributed by atoms with Gasteiger partial charge in [-0.25, -0.2) is 14.6 Å². The molecule has 4 rings (SSSR count). The summed E-state index contributed by atoms with van der Waals surface area (Å²) < 4.78 is 1.69. The molecule has 1 N–H and O–H groups in total. The number of hydrogen-bond donors (Lipinski definition) is 1. The van der Waals surface area contributed by atoms with Gasteiger partial charge in [-0.05, 0) is 25.8 Å². The van der Waals surface area contributed by atoms with Crippen LogP contribution in [-0.2, 0) is 4.79 Å². The molecule has 0 aliphatic carbocycles. The number of nitrogens with one attached hydrogen (secondary N) is 1. The van der Waals surface area contributed by atoms with E-state index in [1.54, 1.807) is 10.9 Å². The minimum absolute atomic E-state index is 0.0211. The average molecular weight is 370 g/mol. The molecule has 0 aromatic carbocycles. The Kier molecular flexibility index (Phi) is 4.57. The normalized spacial score (nSPS) is 17.3. The number of aryl methyl sites for hydroxylation is 1. The van der Waals surface area contributed by atoms with Gasteiger partial charge >= 0.3 is 0 Å². The number of nitrogens with zero attached hydrogens (tertiary/aromatic N) is 7. The number of piperidine rings is 1. The molecule has 1 fully saturated rings. The Bertz CT molecular complexity index is 893. The third kappa shape index (κ3) is 3.54. The van der Waals surface area contributed by atoms with E-state index in [4.69, 9.17) is 0 Å². The van der Waals surface area contributed by atoms with Crippen LogP contribution in [0.25, 0.3) is 5.82 Å². The quantitative estimate of drug-likeness (QED) is 0.745. The zero-order valence-electron chi connectivity index (χ0n) is 14.2. The molecule has 0 saturated carbocycles. The summed E-state index contributed by atoms with van der Waals surface area (Å²) in [5.74, 6) is 1.37. The van der Waals surface area contributed by atoms with Crippen molar-refractivity contribution in [2.45, 2.75) is 19.8 Å². The molecular formula is C16H18N8OS. The number of aromatic nitrogens is 6. The van der Waals surface area contributed by atoms with Crippen molar-refractivity contribution in [1.82, 2.24) is 29.9 Å². The Morgan fingerprint density at radius 3 is 2.96 bits per heavy atom. The molecule has 0 radical (unpaired) electrons. The predicted molar refractivity (Wildman–Crippen MR) is 97.4 cm³/mol. The third-order valence-corrected chi connectivity index (χ3v) is 5.00. The summed E-state index contributed by atoms with van der Waals surface area (Å²) in [6, 6.07) is 3.74. The lowest BCUT2D eigenvalue weighted by atomic mass is 9.97. The highest BCUT2D eigenvalue weighted by atomic mass is 32.1. The van der Waals surface area contributed by atoms with Gasteiger partial charge in [0.25, 0.3) is 0 Å². The van der Waals surface area contributed by atoms with Gasteiger partial charge in [0, 0.05) is 31.5 Å². The Morgan fingerprint density at radius 1 is 1.31 bits per heavy atom. The van der Waals surface area contributed by atoms with Crippen LogP contribution >= 0.6 is 11.3 Å². The third-order valence-electron chi connectivity index (χ3n) is 4.25. The van der Waals surface area contributed by atoms with Crippen LogP contribution in [0.4, 0.5) is 10.9 Å². The number of anilines is 2. The maximum Gasteiger partial charge on any atom is 0.231 e. The fourth-order valence-corrected chi connectivity index (χ4v) is 3.59. The highest BCUT2D eigenvalue weighted by molar-refractivity contribution is 7.15. The summed E-state index contributed by atoms with van der Waals surface area (Å²) >= 11 is 1.38. The van der Waals surface area contributed by atoms with Crippen molar-refractivity contribution < 1.29 is 4.79 Å². The second kappa shape index (κ2) is 7.16. The number of hydrogen-bond acceptors (Lipinski definition) is 8. The van der Waals surface area contributed by atoms with Crippen LogP contribution in [-0.4, -0.2) is 48.9 Å². The molecule has 10 heteroatoms. The fourth-order valence-electron chi connectivity index (χ4n) is 2.99. The predicted octanol–water partition coefficient (Wildman–Crippen LogP) is 1.68. The molecule has 9 nitrogen and oxygen atoms in total. The first-order valence-corrected chi connectivity index (χ1v) is 9.18. The van der Waals surface area contributed by atoms with Gasteiger partial charge < -0.3 is 10.2 Å². The molecule has 1 unspecified atom stereocenters. The molecule has 1 aliphatic rings. The molecule has 0 spiro atoms. The maximum absolute atomic E-state index is 12.6. The number of carbonyl (C=O) groups is 1. The monoisotopic (exact) mass is 370 g/mol. The molecule has 3 aromatic heterocycles. The molecule has 1 saturated heterocycles. The van der Waals surface area contributed by atoms with Crippen molar-refractivity contribution in [2.24, 2.45) is 5.92 Å². The lowest BCUT2D eigenvalue weighted by molar-refractivity contribution is -0.120. The van der Waals surface area contributed by atoms with E-state index in [2.05, 4.69) is 35.5 Å². The lowest BCUT2D eigenvalue weighted by Crippen LogP contribution is -2.41. The molecule has 4 heterocycles. The number of carbonyl (C=O) groups excluding carboxylic acids is 1. The largest absolute Gasteiger partial charge is 0.356 e. The van der Waals surface area contributed by atoms with E-state index in [1.165, 1.54) is 17.7 Å². The minimum Gasteiger partial charge on any atom is -0.356 e. The summed E-state index contributed by atoms with van der Waals surface area (Å²) in [5.41, 5.74) is 0. The molecule has 1 aliphatic heterocycles. The summed E-state index contributed by atoms with van der Waals surface area (Å²) in [7, 11) is 0. The van der Waals surface area contributed by atoms with Crippen LogP contribution < -0.4 is 10.2 Å². The second-order valence-electron chi connectivity index (χ2n) is 6.09. The van der Waals surface area contributed by atoms with Crippen molar-refractivity contribution >= 4 is 28.2 Å². The Labute approximate surface area is 154 Å². The number of rotatable bonds is 4. The zero-order valence-corrected chi connectivity index (χ0v) is 15.1. The van der Waals surface area contributed by atoms with E-state index >= 15 is 0 Å². The first-order valence-electron chi connectivity index (χ1n) is 8.37. The van der Waals surface area contributed by atoms with Crippen LogP contribution in [0.1, 0.15) is 17.8 Å². The summed E-state index contributed by atoms with van der Waals surface area (Å²) in [4.78, 5) is 23.3. The van der Waals surface area contributed by atoms with Crippen LogP contribution in [0, 0.1) is 12.8 Å². The summed E-state index contributed by atoms with van der Waals surface area (Å²) in [5, 5.41) is 16.3. The van der Waals surface area contributed by atoms with E-state index in [1.807, 2.05) is 25.3 Å². The molecule has 0 bridgehead atoms. The van der Waals surface area contributed by atoms with Crippen LogP contribution in [0.15, 0.2) is 30.9 Å². The second-order valence-corrected chi connectivity index (χ2v) is 7.27. The van der Waals surface area contributed by atoms with Gasteiger partial charge in [0.1, 0.15) is 17.2 Å². The van der Waals surface area contributed by atoms with Gasteiger partial charge in [-0.1, -0.05) is 11.3 Å². The first kappa shape index (κ1) is 16.6. The van der Waals surface area contributed by atoms with Crippen molar-refractivity contribution in [3.8, 4) is 5.82 Å². The van der Waals surface area contributed by atoms with Crippen LogP contribution in [0.2, 0.25) is 0 Å². The average Bonchev–Trinajstić information content (AvgIpc) is 3.34. The molecule has 3 aromatic rings. The molecule has 26 heavy (non-hydrogen) atoms. The van der Waals surface area contributed by atoms with E-state index in [-0.39, 0.29) is 11.8 Å². The summed E-state index contributed by atoms with van der Waals surface area (Å²) in [6.45, 7) is 3.33. The fraction of sp³-hybridized carbons (Fsp3) is 0.375. The van der Waals surface area contributed by atoms with Gasteiger partial charge in [-0.3, -0.25) is 4.79 Å². The molecule has 1 amide bonds. The van der Waals surface area contributed by atoms with Gasteiger partial charge in [0.05, 0.1) is 5.92 Å². The first-order chi connectivity index (χ1) is 12.7. The summed E-state index contributed by atoms with van der Waals surface area (Å²) in [6.07, 6.45) is 6.84. The highest BCUT2D eigenvalue weighted by Crippen LogP contribution is 2.24. The molecule has 1 atom stereocenters. The Hall–Kier alpha value is -2.88. The van der Waals surface area contributed by atoms with E-state index in [0.717, 1.165) is 30.2 Å². The van der Waals surface area contributed by atoms with Gasteiger partial charge in [-0.15, -0.1) is 10.2 Å². The van der Waals surface area contributed by atoms with Crippen LogP contribution in [0.5, 0.6) is 0 Å². The zero-order chi connectivity index (χ0) is 17.9. The van der Waals surface area contributed by atoms with Crippen molar-refractivity contribution in [3.63, 3.8) is 0 Å². The number of amides is 1. The van der Waals surface area contributed by atoms with Gasteiger partial charge in [0.2, 0.25) is 11.0 Å². The van der Waals surface area contributed by atoms with E-state index in [9.17, 15) is 4.79 Å². The van der Waals surface area contributed by atoms with Gasteiger partial charge in [0.15, 0.2) is 5.82 Å². The maximum atomic E-state index is 12.6. The van der Waals surface area contributed by atoms with E-state index in [0.29, 0.717) is 17.5 Å². The smallest absolute Gasteiger partial charge is 0.231 e. The SMILES string of the molecule is Cc1nnc(NC(=O)C2CCCN(c3cc(-n4cccn4)ncn3)C2)s1. The lowest BCUT2D eigenvalue weighted by Gasteiger charge is -2.32. The van der Waals surface area contributed by atoms with Crippen molar-refractivity contribution in [2.75, 3.05) is 23.3 Å². The topological polar surface area (TPSA) is 102 Å². The standard InChI is InChI=1S/C16H18N8OS/c1-11-21-22-16(26-11)20-15(25)12-4-2-6-23(9-12)13-8-14(18-10-17-13)24-7-3-5-19-24/h3,5,7-8,10,12H,2,4,6,9H2,1H3,(H,20,22,25). The molecule has 134 valence electrons. The van der Waals surface area contributed by atoms with Crippen molar-refractivity contribution in [3.05, 3.63) is 35.9 Å².